The Morgan fingerprint density at radius 3 is 2.55 bits per heavy atom. The molecule has 0 radical (unpaired) electrons. The fourth-order valence-electron chi connectivity index (χ4n) is 3.69. The monoisotopic (exact) mass is 405 g/mol. The number of ether oxygens (including phenoxy) is 1. The average Bonchev–Trinajstić information content (AvgIpc) is 2.98. The van der Waals surface area contributed by atoms with Gasteiger partial charge in [0, 0.05) is 22.8 Å². The van der Waals surface area contributed by atoms with Gasteiger partial charge in [-0.3, -0.25) is 0 Å². The van der Waals surface area contributed by atoms with Crippen LogP contribution in [0.2, 0.25) is 0 Å². The number of pyridine rings is 1. The van der Waals surface area contributed by atoms with Gasteiger partial charge < -0.3 is 15.5 Å². The van der Waals surface area contributed by atoms with E-state index < -0.39 is 17.3 Å². The minimum absolute atomic E-state index is 0.00408. The molecule has 1 atom stereocenters. The first-order valence-corrected chi connectivity index (χ1v) is 9.54. The first-order chi connectivity index (χ1) is 13.5. The van der Waals surface area contributed by atoms with Crippen LogP contribution in [0.1, 0.15) is 38.4 Å². The maximum atomic E-state index is 13.8. The standard InChI is InChI=1S/C22H26F3N3O/c1-13(2)11-21(4,26)12-29-19-6-5-15(10-18(19)22(23,24)25)16-7-8-27-20-17(16)9-14(3)28-20/h5-10,13H,11-12,26H2,1-4H3,(H,27,28). The van der Waals surface area contributed by atoms with E-state index >= 15 is 0 Å². The van der Waals surface area contributed by atoms with E-state index in [1.54, 1.807) is 25.3 Å². The fourth-order valence-corrected chi connectivity index (χ4v) is 3.69. The first kappa shape index (κ1) is 21.2. The molecule has 0 bridgehead atoms. The molecule has 3 aromatic rings. The second kappa shape index (κ2) is 7.71. The molecule has 0 fully saturated rings. The van der Waals surface area contributed by atoms with Crippen molar-refractivity contribution in [2.45, 2.75) is 45.8 Å². The molecule has 0 aliphatic carbocycles. The van der Waals surface area contributed by atoms with Crippen molar-refractivity contribution in [3.05, 3.63) is 47.8 Å². The highest BCUT2D eigenvalue weighted by Crippen LogP contribution is 2.40. The molecule has 2 heterocycles. The largest absolute Gasteiger partial charge is 0.491 e. The number of halogens is 3. The van der Waals surface area contributed by atoms with E-state index in [1.807, 2.05) is 26.8 Å². The highest BCUT2D eigenvalue weighted by Gasteiger charge is 2.35. The highest BCUT2D eigenvalue weighted by atomic mass is 19.4. The van der Waals surface area contributed by atoms with Gasteiger partial charge in [0.25, 0.3) is 0 Å². The number of hydrogen-bond donors (Lipinski definition) is 2. The third-order valence-electron chi connectivity index (χ3n) is 4.69. The van der Waals surface area contributed by atoms with Crippen molar-refractivity contribution in [3.63, 3.8) is 0 Å². The van der Waals surface area contributed by atoms with Crippen LogP contribution in [0.15, 0.2) is 36.5 Å². The number of nitrogens with zero attached hydrogens (tertiary/aromatic N) is 1. The van der Waals surface area contributed by atoms with Gasteiger partial charge in [-0.05, 0) is 61.6 Å². The normalized spacial score (nSPS) is 14.4. The van der Waals surface area contributed by atoms with Crippen LogP contribution in [0.4, 0.5) is 13.2 Å². The quantitative estimate of drug-likeness (QED) is 0.553. The molecule has 156 valence electrons. The number of aryl methyl sites for hydroxylation is 1. The summed E-state index contributed by atoms with van der Waals surface area (Å²) >= 11 is 0. The lowest BCUT2D eigenvalue weighted by Gasteiger charge is -2.27. The number of alkyl halides is 3. The zero-order valence-corrected chi connectivity index (χ0v) is 17.0. The number of fused-ring (bicyclic) bond motifs is 1. The summed E-state index contributed by atoms with van der Waals surface area (Å²) in [6.45, 7) is 7.70. The molecule has 29 heavy (non-hydrogen) atoms. The van der Waals surface area contributed by atoms with E-state index in [-0.39, 0.29) is 12.4 Å². The molecule has 0 amide bonds. The molecule has 0 aliphatic rings. The molecule has 1 unspecified atom stereocenters. The Bertz CT molecular complexity index is 1010. The van der Waals surface area contributed by atoms with E-state index in [9.17, 15) is 13.2 Å². The Kier molecular flexibility index (Phi) is 5.63. The van der Waals surface area contributed by atoms with Gasteiger partial charge in [0.15, 0.2) is 0 Å². The van der Waals surface area contributed by atoms with Crippen LogP contribution in [0, 0.1) is 12.8 Å². The molecule has 3 rings (SSSR count). The summed E-state index contributed by atoms with van der Waals surface area (Å²) in [5, 5.41) is 0.776. The van der Waals surface area contributed by atoms with Crippen LogP contribution in [0.25, 0.3) is 22.2 Å². The Labute approximate surface area is 168 Å². The zero-order chi connectivity index (χ0) is 21.4. The van der Waals surface area contributed by atoms with Gasteiger partial charge >= 0.3 is 6.18 Å². The summed E-state index contributed by atoms with van der Waals surface area (Å²) in [4.78, 5) is 7.35. The number of nitrogens with one attached hydrogen (secondary N) is 1. The Balaban J connectivity index is 1.98. The number of rotatable bonds is 6. The zero-order valence-electron chi connectivity index (χ0n) is 17.0. The summed E-state index contributed by atoms with van der Waals surface area (Å²) < 4.78 is 46.8. The van der Waals surface area contributed by atoms with Crippen molar-refractivity contribution in [3.8, 4) is 16.9 Å². The van der Waals surface area contributed by atoms with Crippen LogP contribution in [-0.2, 0) is 6.18 Å². The summed E-state index contributed by atoms with van der Waals surface area (Å²) in [7, 11) is 0. The van der Waals surface area contributed by atoms with Crippen molar-refractivity contribution in [1.82, 2.24) is 9.97 Å². The molecule has 2 aromatic heterocycles. The molecule has 0 spiro atoms. The van der Waals surface area contributed by atoms with Crippen molar-refractivity contribution in [2.24, 2.45) is 11.7 Å². The second-order valence-corrected chi connectivity index (χ2v) is 8.32. The summed E-state index contributed by atoms with van der Waals surface area (Å²) in [5.41, 5.74) is 7.33. The van der Waals surface area contributed by atoms with Crippen molar-refractivity contribution >= 4 is 11.0 Å². The minimum atomic E-state index is -4.55. The summed E-state index contributed by atoms with van der Waals surface area (Å²) in [5.74, 6) is 0.106. The van der Waals surface area contributed by atoms with Gasteiger partial charge in [0.1, 0.15) is 18.0 Å². The number of H-pyrrole nitrogens is 1. The van der Waals surface area contributed by atoms with Gasteiger partial charge in [-0.15, -0.1) is 0 Å². The lowest BCUT2D eigenvalue weighted by atomic mass is 9.93. The molecule has 4 nitrogen and oxygen atoms in total. The van der Waals surface area contributed by atoms with Crippen LogP contribution < -0.4 is 10.5 Å². The number of hydrogen-bond acceptors (Lipinski definition) is 3. The van der Waals surface area contributed by atoms with Gasteiger partial charge in [-0.1, -0.05) is 19.9 Å². The molecule has 0 saturated carbocycles. The van der Waals surface area contributed by atoms with E-state index in [0.29, 0.717) is 29.1 Å². The van der Waals surface area contributed by atoms with Gasteiger partial charge in [-0.25, -0.2) is 4.98 Å². The molecule has 0 aliphatic heterocycles. The molecule has 1 aromatic carbocycles. The minimum Gasteiger partial charge on any atom is -0.491 e. The number of aromatic amines is 1. The van der Waals surface area contributed by atoms with E-state index in [4.69, 9.17) is 10.5 Å². The van der Waals surface area contributed by atoms with Gasteiger partial charge in [0.2, 0.25) is 0 Å². The summed E-state index contributed by atoms with van der Waals surface area (Å²) in [6.07, 6.45) is -2.32. The molecule has 7 heteroatoms. The van der Waals surface area contributed by atoms with Gasteiger partial charge in [-0.2, -0.15) is 13.2 Å². The summed E-state index contributed by atoms with van der Waals surface area (Å²) in [6, 6.07) is 7.72. The van der Waals surface area contributed by atoms with Crippen LogP contribution in [0.3, 0.4) is 0 Å². The predicted molar refractivity (Wildman–Crippen MR) is 109 cm³/mol. The van der Waals surface area contributed by atoms with Gasteiger partial charge in [0.05, 0.1) is 5.56 Å². The van der Waals surface area contributed by atoms with Crippen molar-refractivity contribution in [1.29, 1.82) is 0 Å². The fraction of sp³-hybridized carbons (Fsp3) is 0.409. The average molecular weight is 405 g/mol. The molecule has 0 saturated heterocycles. The predicted octanol–water partition coefficient (Wildman–Crippen LogP) is 5.70. The van der Waals surface area contributed by atoms with Crippen LogP contribution >= 0.6 is 0 Å². The van der Waals surface area contributed by atoms with E-state index in [0.717, 1.165) is 17.1 Å². The Morgan fingerprint density at radius 1 is 1.17 bits per heavy atom. The Morgan fingerprint density at radius 2 is 1.90 bits per heavy atom. The van der Waals surface area contributed by atoms with Crippen molar-refractivity contribution < 1.29 is 17.9 Å². The van der Waals surface area contributed by atoms with Crippen molar-refractivity contribution in [2.75, 3.05) is 6.61 Å². The van der Waals surface area contributed by atoms with E-state index in [1.165, 1.54) is 6.07 Å². The Hall–Kier alpha value is -2.54. The third-order valence-corrected chi connectivity index (χ3v) is 4.69. The molecular formula is C22H26F3N3O. The number of nitrogens with two attached hydrogens (primary N) is 1. The smallest absolute Gasteiger partial charge is 0.419 e. The number of aromatic nitrogens is 2. The third kappa shape index (κ3) is 4.90. The lowest BCUT2D eigenvalue weighted by Crippen LogP contribution is -2.43. The topological polar surface area (TPSA) is 63.9 Å². The maximum Gasteiger partial charge on any atom is 0.419 e. The lowest BCUT2D eigenvalue weighted by molar-refractivity contribution is -0.139. The van der Waals surface area contributed by atoms with E-state index in [2.05, 4.69) is 9.97 Å². The van der Waals surface area contributed by atoms with Crippen LogP contribution in [-0.4, -0.2) is 22.1 Å². The SMILES string of the molecule is Cc1cc2c(-c3ccc(OCC(C)(N)CC(C)C)c(C(F)(F)F)c3)ccnc2[nH]1. The maximum absolute atomic E-state index is 13.8. The van der Waals surface area contributed by atoms with Crippen LogP contribution in [0.5, 0.6) is 5.75 Å². The second-order valence-electron chi connectivity index (χ2n) is 8.32. The first-order valence-electron chi connectivity index (χ1n) is 9.54. The number of benzene rings is 1. The molecule has 3 N–H and O–H groups in total. The molecular weight excluding hydrogens is 379 g/mol. The highest BCUT2D eigenvalue weighted by molar-refractivity contribution is 5.93.